The molecule has 0 spiro atoms. The van der Waals surface area contributed by atoms with Crippen LogP contribution in [0.3, 0.4) is 0 Å². The van der Waals surface area contributed by atoms with E-state index in [-0.39, 0.29) is 17.7 Å². The fourth-order valence-electron chi connectivity index (χ4n) is 2.81. The largest absolute Gasteiger partial charge is 0.478 e. The standard InChI is InChI=1S/C24H18Cl2N2O7/c25-16-8-4-14(5-9-16)23(32)34-19(21(29)28-13-18-3-1-2-12-27-18)20(22(30)31)35-24(33)15-6-10-17(26)11-7-15/h1-12,19-20H,13H2,(H,28,29)(H,30,31)/t19-,20+/m1/s1. The van der Waals surface area contributed by atoms with Crippen LogP contribution in [-0.4, -0.2) is 46.1 Å². The number of carbonyl (C=O) groups excluding carboxylic acids is 3. The summed E-state index contributed by atoms with van der Waals surface area (Å²) in [7, 11) is 0. The van der Waals surface area contributed by atoms with Crippen LogP contribution in [0, 0.1) is 0 Å². The van der Waals surface area contributed by atoms with Crippen molar-refractivity contribution in [1.82, 2.24) is 10.3 Å². The summed E-state index contributed by atoms with van der Waals surface area (Å²) in [5.41, 5.74) is 0.455. The molecule has 1 aromatic heterocycles. The molecule has 0 unspecified atom stereocenters. The van der Waals surface area contributed by atoms with Crippen LogP contribution in [0.5, 0.6) is 0 Å². The first-order valence-electron chi connectivity index (χ1n) is 10.1. The molecule has 0 aliphatic carbocycles. The molecule has 11 heteroatoms. The van der Waals surface area contributed by atoms with Crippen LogP contribution < -0.4 is 5.32 Å². The number of amides is 1. The molecule has 0 radical (unpaired) electrons. The Morgan fingerprint density at radius 2 is 1.31 bits per heavy atom. The quantitative estimate of drug-likeness (QED) is 0.412. The summed E-state index contributed by atoms with van der Waals surface area (Å²) < 4.78 is 10.3. The predicted molar refractivity (Wildman–Crippen MR) is 125 cm³/mol. The highest BCUT2D eigenvalue weighted by molar-refractivity contribution is 6.31. The van der Waals surface area contributed by atoms with Gasteiger partial charge in [0.1, 0.15) is 0 Å². The molecule has 9 nitrogen and oxygen atoms in total. The van der Waals surface area contributed by atoms with E-state index in [9.17, 15) is 24.3 Å². The van der Waals surface area contributed by atoms with Crippen LogP contribution in [0.15, 0.2) is 72.9 Å². The maximum atomic E-state index is 12.9. The van der Waals surface area contributed by atoms with E-state index < -0.39 is 36.0 Å². The number of nitrogens with zero attached hydrogens (tertiary/aromatic N) is 1. The molecule has 1 heterocycles. The van der Waals surface area contributed by atoms with Crippen LogP contribution >= 0.6 is 23.2 Å². The van der Waals surface area contributed by atoms with E-state index in [0.29, 0.717) is 15.7 Å². The summed E-state index contributed by atoms with van der Waals surface area (Å²) in [6, 6.07) is 16.0. The molecule has 2 N–H and O–H groups in total. The van der Waals surface area contributed by atoms with Crippen molar-refractivity contribution in [1.29, 1.82) is 0 Å². The predicted octanol–water partition coefficient (Wildman–Crippen LogP) is 3.54. The highest BCUT2D eigenvalue weighted by atomic mass is 35.5. The molecule has 0 bridgehead atoms. The number of carboxylic acids is 1. The fourth-order valence-corrected chi connectivity index (χ4v) is 3.07. The van der Waals surface area contributed by atoms with Gasteiger partial charge in [0.15, 0.2) is 0 Å². The van der Waals surface area contributed by atoms with E-state index in [1.165, 1.54) is 54.7 Å². The average Bonchev–Trinajstić information content (AvgIpc) is 2.85. The third-order valence-electron chi connectivity index (χ3n) is 4.57. The molecule has 180 valence electrons. The maximum absolute atomic E-state index is 12.9. The number of carboxylic acid groups (broad SMARTS) is 1. The lowest BCUT2D eigenvalue weighted by molar-refractivity contribution is -0.159. The van der Waals surface area contributed by atoms with E-state index in [0.717, 1.165) is 0 Å². The van der Waals surface area contributed by atoms with Crippen LogP contribution in [0.25, 0.3) is 0 Å². The fraction of sp³-hybridized carbons (Fsp3) is 0.125. The second-order valence-electron chi connectivity index (χ2n) is 7.04. The Bertz CT molecular complexity index is 1200. The lowest BCUT2D eigenvalue weighted by Crippen LogP contribution is -2.50. The highest BCUT2D eigenvalue weighted by Crippen LogP contribution is 2.16. The molecule has 2 aromatic carbocycles. The average molecular weight is 517 g/mol. The van der Waals surface area contributed by atoms with Gasteiger partial charge in [-0.05, 0) is 60.7 Å². The molecule has 3 aromatic rings. The number of ether oxygens (including phenoxy) is 2. The zero-order valence-electron chi connectivity index (χ0n) is 17.9. The number of halogens is 2. The first-order valence-corrected chi connectivity index (χ1v) is 10.8. The molecular formula is C24H18Cl2N2O7. The molecule has 0 saturated heterocycles. The van der Waals surface area contributed by atoms with Gasteiger partial charge < -0.3 is 19.9 Å². The number of esters is 2. The Hall–Kier alpha value is -3.95. The molecule has 2 atom stereocenters. The van der Waals surface area contributed by atoms with E-state index >= 15 is 0 Å². The number of aliphatic carboxylic acids is 1. The summed E-state index contributed by atoms with van der Waals surface area (Å²) >= 11 is 11.6. The number of benzene rings is 2. The third kappa shape index (κ3) is 7.26. The minimum absolute atomic E-state index is 0.00472. The number of carbonyl (C=O) groups is 4. The minimum Gasteiger partial charge on any atom is -0.478 e. The van der Waals surface area contributed by atoms with E-state index in [2.05, 4.69) is 10.3 Å². The Labute approximate surface area is 209 Å². The second-order valence-corrected chi connectivity index (χ2v) is 7.92. The van der Waals surface area contributed by atoms with E-state index in [1.54, 1.807) is 18.2 Å². The number of hydrogen-bond donors (Lipinski definition) is 2. The molecule has 35 heavy (non-hydrogen) atoms. The summed E-state index contributed by atoms with van der Waals surface area (Å²) in [5.74, 6) is -4.78. The first-order chi connectivity index (χ1) is 16.7. The number of rotatable bonds is 9. The van der Waals surface area contributed by atoms with Crippen molar-refractivity contribution in [2.24, 2.45) is 0 Å². The maximum Gasteiger partial charge on any atom is 0.349 e. The van der Waals surface area contributed by atoms with Gasteiger partial charge in [0.05, 0.1) is 23.4 Å². The normalized spacial score (nSPS) is 12.2. The zero-order valence-corrected chi connectivity index (χ0v) is 19.4. The van der Waals surface area contributed by atoms with Crippen molar-refractivity contribution in [3.05, 3.63) is 99.8 Å². The first kappa shape index (κ1) is 25.7. The number of pyridine rings is 1. The smallest absolute Gasteiger partial charge is 0.349 e. The topological polar surface area (TPSA) is 132 Å². The van der Waals surface area contributed by atoms with Crippen LogP contribution in [0.1, 0.15) is 26.4 Å². The summed E-state index contributed by atoms with van der Waals surface area (Å²) in [6.07, 6.45) is -2.66. The Morgan fingerprint density at radius 3 is 1.77 bits per heavy atom. The van der Waals surface area contributed by atoms with Gasteiger partial charge in [-0.2, -0.15) is 0 Å². The SMILES string of the molecule is O=C(O[C@H](C(=O)O)[C@@H](OC(=O)c1ccc(Cl)cc1)C(=O)NCc1ccccn1)c1ccc(Cl)cc1. The Balaban J connectivity index is 1.85. The molecule has 0 aliphatic heterocycles. The lowest BCUT2D eigenvalue weighted by atomic mass is 10.1. The Kier molecular flexibility index (Phi) is 8.77. The summed E-state index contributed by atoms with van der Waals surface area (Å²) in [4.78, 5) is 54.2. The minimum atomic E-state index is -2.15. The highest BCUT2D eigenvalue weighted by Gasteiger charge is 2.40. The Morgan fingerprint density at radius 1 is 0.800 bits per heavy atom. The van der Waals surface area contributed by atoms with E-state index in [4.69, 9.17) is 32.7 Å². The number of nitrogens with one attached hydrogen (secondary N) is 1. The zero-order chi connectivity index (χ0) is 25.4. The van der Waals surface area contributed by atoms with Crippen molar-refractivity contribution in [3.8, 4) is 0 Å². The molecular weight excluding hydrogens is 499 g/mol. The number of aromatic nitrogens is 1. The van der Waals surface area contributed by atoms with Crippen molar-refractivity contribution >= 4 is 47.0 Å². The van der Waals surface area contributed by atoms with Crippen molar-refractivity contribution < 1.29 is 33.8 Å². The third-order valence-corrected chi connectivity index (χ3v) is 5.08. The lowest BCUT2D eigenvalue weighted by Gasteiger charge is -2.23. The van der Waals surface area contributed by atoms with Gasteiger partial charge in [0, 0.05) is 16.2 Å². The molecule has 3 rings (SSSR count). The van der Waals surface area contributed by atoms with Gasteiger partial charge in [0.2, 0.25) is 12.2 Å². The molecule has 0 fully saturated rings. The van der Waals surface area contributed by atoms with Crippen LogP contribution in [0.2, 0.25) is 10.0 Å². The summed E-state index contributed by atoms with van der Waals surface area (Å²) in [5, 5.41) is 12.9. The molecule has 0 saturated carbocycles. The van der Waals surface area contributed by atoms with Crippen molar-refractivity contribution in [2.45, 2.75) is 18.8 Å². The van der Waals surface area contributed by atoms with Gasteiger partial charge in [-0.1, -0.05) is 29.3 Å². The van der Waals surface area contributed by atoms with Crippen LogP contribution in [-0.2, 0) is 25.6 Å². The molecule has 1 amide bonds. The van der Waals surface area contributed by atoms with Crippen molar-refractivity contribution in [3.63, 3.8) is 0 Å². The van der Waals surface area contributed by atoms with Gasteiger partial charge in [-0.25, -0.2) is 14.4 Å². The second kappa shape index (κ2) is 12.0. The van der Waals surface area contributed by atoms with E-state index in [1.807, 2.05) is 0 Å². The monoisotopic (exact) mass is 516 g/mol. The van der Waals surface area contributed by atoms with Gasteiger partial charge in [0.25, 0.3) is 5.91 Å². The van der Waals surface area contributed by atoms with Crippen LogP contribution in [0.4, 0.5) is 0 Å². The molecule has 0 aliphatic rings. The van der Waals surface area contributed by atoms with Gasteiger partial charge >= 0.3 is 17.9 Å². The summed E-state index contributed by atoms with van der Waals surface area (Å²) in [6.45, 7) is -0.0911. The van der Waals surface area contributed by atoms with Crippen molar-refractivity contribution in [2.75, 3.05) is 0 Å². The van der Waals surface area contributed by atoms with Gasteiger partial charge in [-0.3, -0.25) is 9.78 Å². The van der Waals surface area contributed by atoms with Gasteiger partial charge in [-0.15, -0.1) is 0 Å². The number of hydrogen-bond acceptors (Lipinski definition) is 7.